The van der Waals surface area contributed by atoms with Crippen LogP contribution < -0.4 is 18.1 Å². The Morgan fingerprint density at radius 2 is 0.827 bits per heavy atom. The first-order valence-corrected chi connectivity index (χ1v) is 19.4. The van der Waals surface area contributed by atoms with Crippen molar-refractivity contribution in [1.29, 1.82) is 0 Å². The van der Waals surface area contributed by atoms with Gasteiger partial charge in [-0.2, -0.15) is 0 Å². The predicted octanol–water partition coefficient (Wildman–Crippen LogP) is 13.3. The minimum absolute atomic E-state index is 0.00533. The summed E-state index contributed by atoms with van der Waals surface area (Å²) in [6, 6.07) is 18.7. The summed E-state index contributed by atoms with van der Waals surface area (Å²) < 4.78 is 26.0. The maximum Gasteiger partial charge on any atom is 0.275 e. The van der Waals surface area contributed by atoms with Gasteiger partial charge >= 0.3 is 0 Å². The van der Waals surface area contributed by atoms with Crippen molar-refractivity contribution in [3.8, 4) is 34.1 Å². The number of rotatable bonds is 10. The molecule has 4 aromatic rings. The van der Waals surface area contributed by atoms with E-state index >= 15 is 0 Å². The summed E-state index contributed by atoms with van der Waals surface area (Å²) in [4.78, 5) is 10.8. The van der Waals surface area contributed by atoms with Gasteiger partial charge in [0.1, 0.15) is 23.0 Å². The molecule has 0 N–H and O–H groups in total. The number of nitrogens with zero attached hydrogens (tertiary/aromatic N) is 1. The molecule has 52 heavy (non-hydrogen) atoms. The Kier molecular flexibility index (Phi) is 12.1. The van der Waals surface area contributed by atoms with Gasteiger partial charge in [0.25, 0.3) is 23.8 Å². The Labute approximate surface area is 315 Å². The van der Waals surface area contributed by atoms with E-state index in [1.165, 1.54) is 23.3 Å². The smallest absolute Gasteiger partial charge is 0.275 e. The lowest BCUT2D eigenvalue weighted by Gasteiger charge is -2.35. The molecule has 2 atom stereocenters. The Balaban J connectivity index is 2.05. The zero-order valence-electron chi connectivity index (χ0n) is 33.7. The van der Waals surface area contributed by atoms with Gasteiger partial charge in [0.2, 0.25) is 0 Å². The van der Waals surface area contributed by atoms with E-state index in [2.05, 4.69) is 116 Å². The Morgan fingerprint density at radius 3 is 1.13 bits per heavy atom. The molecule has 7 nitrogen and oxygen atoms in total. The van der Waals surface area contributed by atoms with Crippen LogP contribution in [0.1, 0.15) is 122 Å². The van der Waals surface area contributed by atoms with E-state index in [1.807, 2.05) is 24.3 Å². The average Bonchev–Trinajstić information content (AvgIpc) is 3.00. The van der Waals surface area contributed by atoms with Gasteiger partial charge in [-0.1, -0.05) is 113 Å². The number of non-ortho nitro benzene ring substituents is 1. The first kappa shape index (κ1) is 41.1. The van der Waals surface area contributed by atoms with E-state index in [-0.39, 0.29) is 36.4 Å². The summed E-state index contributed by atoms with van der Waals surface area (Å²) in [5.74, 6) is 2.76. The minimum atomic E-state index is -0.421. The number of hydrogen-bond donors (Lipinski definition) is 0. The molecule has 0 saturated carbocycles. The molecule has 0 aliphatic carbocycles. The zero-order chi connectivity index (χ0) is 39.0. The molecule has 0 amide bonds. The molecule has 0 radical (unpaired) electrons. The molecule has 0 fully saturated rings. The van der Waals surface area contributed by atoms with Gasteiger partial charge in [-0.05, 0) is 89.0 Å². The normalized spacial score (nSPS) is 12.9. The summed E-state index contributed by atoms with van der Waals surface area (Å²) in [6.45, 7) is 33.2. The molecule has 0 spiro atoms. The van der Waals surface area contributed by atoms with E-state index in [4.69, 9.17) is 18.1 Å². The third kappa shape index (κ3) is 9.46. The fraction of sp³-hybridized carbons (Fsp3) is 0.442. The molecular weight excluding hydrogens is 688 g/mol. The van der Waals surface area contributed by atoms with Crippen molar-refractivity contribution in [1.82, 2.24) is 0 Å². The van der Waals surface area contributed by atoms with Crippen LogP contribution in [0, 0.1) is 30.9 Å². The van der Waals surface area contributed by atoms with Crippen LogP contribution in [-0.4, -0.2) is 4.92 Å². The summed E-state index contributed by atoms with van der Waals surface area (Å²) in [7, 11) is -0.697. The minimum Gasteiger partial charge on any atom is -0.441 e. The second-order valence-electron chi connectivity index (χ2n) is 17.7. The third-order valence-electron chi connectivity index (χ3n) is 9.24. The van der Waals surface area contributed by atoms with Gasteiger partial charge in [-0.15, -0.1) is 0 Å². The third-order valence-corrected chi connectivity index (χ3v) is 10.4. The van der Waals surface area contributed by atoms with E-state index in [0.29, 0.717) is 5.75 Å². The molecule has 280 valence electrons. The summed E-state index contributed by atoms with van der Waals surface area (Å²) >= 11 is 0. The van der Waals surface area contributed by atoms with Crippen molar-refractivity contribution in [3.63, 3.8) is 0 Å². The highest BCUT2D eigenvalue weighted by Crippen LogP contribution is 2.54. The van der Waals surface area contributed by atoms with Crippen LogP contribution in [0.5, 0.6) is 23.0 Å². The fourth-order valence-electron chi connectivity index (χ4n) is 6.47. The van der Waals surface area contributed by atoms with Crippen LogP contribution in [0.3, 0.4) is 0 Å². The monoisotopic (exact) mass is 745 g/mol. The average molecular weight is 746 g/mol. The SMILES string of the molecule is Cc1ccc(OPOc2c(C(C)(C)C)cc(C(C)(C)C)c(C)c2-c2c(C)c(C(C)(C)C)cc(C(C)(C)C)c2OPOc2ccc([N+](=O)[O-])cc2)cc1. The maximum atomic E-state index is 11.2. The Bertz CT molecular complexity index is 1910. The Morgan fingerprint density at radius 1 is 0.500 bits per heavy atom. The number of aryl methyl sites for hydroxylation is 1. The highest BCUT2D eigenvalue weighted by Gasteiger charge is 2.35. The molecule has 0 heterocycles. The lowest BCUT2D eigenvalue weighted by molar-refractivity contribution is -0.384. The van der Waals surface area contributed by atoms with Crippen LogP contribution in [-0.2, 0) is 21.7 Å². The second-order valence-corrected chi connectivity index (χ2v) is 18.9. The van der Waals surface area contributed by atoms with E-state index in [9.17, 15) is 10.1 Å². The molecule has 0 aliphatic rings. The van der Waals surface area contributed by atoms with Crippen molar-refractivity contribution in [2.24, 2.45) is 0 Å². The molecule has 0 bridgehead atoms. The number of nitro benzene ring substituents is 1. The first-order chi connectivity index (χ1) is 23.9. The van der Waals surface area contributed by atoms with Crippen LogP contribution in [0.25, 0.3) is 11.1 Å². The van der Waals surface area contributed by atoms with E-state index in [0.717, 1.165) is 56.2 Å². The van der Waals surface area contributed by atoms with Gasteiger partial charge in [-0.25, -0.2) is 0 Å². The second kappa shape index (κ2) is 15.4. The first-order valence-electron chi connectivity index (χ1n) is 17.8. The van der Waals surface area contributed by atoms with Crippen LogP contribution in [0.15, 0.2) is 60.7 Å². The van der Waals surface area contributed by atoms with Crippen LogP contribution in [0.2, 0.25) is 0 Å². The summed E-state index contributed by atoms with van der Waals surface area (Å²) in [6.07, 6.45) is 0. The zero-order valence-corrected chi connectivity index (χ0v) is 35.7. The van der Waals surface area contributed by atoms with Gasteiger partial charge in [0.05, 0.1) is 4.92 Å². The molecule has 4 rings (SSSR count). The molecule has 0 saturated heterocycles. The highest BCUT2D eigenvalue weighted by atomic mass is 31.1. The summed E-state index contributed by atoms with van der Waals surface area (Å²) in [5, 5.41) is 11.2. The van der Waals surface area contributed by atoms with Crippen LogP contribution >= 0.6 is 18.1 Å². The fourth-order valence-corrected chi connectivity index (χ4v) is 7.60. The predicted molar refractivity (Wildman–Crippen MR) is 220 cm³/mol. The molecule has 9 heteroatoms. The Hall–Kier alpha value is -3.66. The summed E-state index contributed by atoms with van der Waals surface area (Å²) in [5.41, 5.74) is 9.06. The number of nitro groups is 1. The van der Waals surface area contributed by atoms with Crippen LogP contribution in [0.4, 0.5) is 5.69 Å². The van der Waals surface area contributed by atoms with Crippen molar-refractivity contribution in [2.45, 2.75) is 126 Å². The van der Waals surface area contributed by atoms with Gasteiger partial charge in [-0.3, -0.25) is 10.1 Å². The van der Waals surface area contributed by atoms with E-state index in [1.54, 1.807) is 12.1 Å². The van der Waals surface area contributed by atoms with Crippen molar-refractivity contribution in [2.75, 3.05) is 0 Å². The van der Waals surface area contributed by atoms with Gasteiger partial charge in [0, 0.05) is 34.4 Å². The topological polar surface area (TPSA) is 80.1 Å². The standard InChI is InChI=1S/C43H57NO6P2/c1-26-16-20-30(21-17-26)47-51-49-38-34(42(10,11)12)24-32(40(4,5)6)27(2)36(38)37-28(3)33(41(7,8)9)25-35(43(13,14)15)39(37)50-52-48-31-22-18-29(19-23-31)44(45)46/h16-25,51-52H,1-15H3. The van der Waals surface area contributed by atoms with Gasteiger partial charge in [0.15, 0.2) is 0 Å². The van der Waals surface area contributed by atoms with Crippen molar-refractivity contribution < 1.29 is 23.0 Å². The molecule has 2 unspecified atom stereocenters. The molecule has 0 aromatic heterocycles. The molecule has 4 aromatic carbocycles. The lowest BCUT2D eigenvalue weighted by Crippen LogP contribution is -2.22. The lowest BCUT2D eigenvalue weighted by atomic mass is 9.72. The molecule has 0 aliphatic heterocycles. The largest absolute Gasteiger partial charge is 0.441 e. The highest BCUT2D eigenvalue weighted by molar-refractivity contribution is 7.27. The molecular formula is C43H57NO6P2. The number of hydrogen-bond acceptors (Lipinski definition) is 6. The van der Waals surface area contributed by atoms with Crippen molar-refractivity contribution in [3.05, 3.63) is 110 Å². The van der Waals surface area contributed by atoms with Gasteiger partial charge < -0.3 is 18.1 Å². The van der Waals surface area contributed by atoms with Crippen molar-refractivity contribution >= 4 is 23.8 Å². The van der Waals surface area contributed by atoms with E-state index < -0.39 is 14.0 Å². The number of benzene rings is 4. The quantitative estimate of drug-likeness (QED) is 0.0913. The maximum absolute atomic E-state index is 11.2.